The topological polar surface area (TPSA) is 15.3 Å². The van der Waals surface area contributed by atoms with Crippen LogP contribution in [0.3, 0.4) is 0 Å². The highest BCUT2D eigenvalue weighted by Gasteiger charge is 2.12. The molecular weight excluding hydrogens is 216 g/mol. The summed E-state index contributed by atoms with van der Waals surface area (Å²) in [6.07, 6.45) is 4.05. The zero-order chi connectivity index (χ0) is 11.8. The summed E-state index contributed by atoms with van der Waals surface area (Å²) in [4.78, 5) is 2.48. The van der Waals surface area contributed by atoms with E-state index in [0.29, 0.717) is 0 Å². The maximum atomic E-state index is 3.42. The van der Waals surface area contributed by atoms with E-state index < -0.39 is 0 Å². The zero-order valence-corrected chi connectivity index (χ0v) is 12.0. The summed E-state index contributed by atoms with van der Waals surface area (Å²) >= 11 is 2.18. The van der Waals surface area contributed by atoms with Crippen LogP contribution in [0.25, 0.3) is 0 Å². The van der Waals surface area contributed by atoms with Crippen LogP contribution in [0.4, 0.5) is 0 Å². The van der Waals surface area contributed by atoms with Crippen molar-refractivity contribution in [1.82, 2.24) is 10.2 Å². The second-order valence-corrected chi connectivity index (χ2v) is 6.71. The summed E-state index contributed by atoms with van der Waals surface area (Å²) in [7, 11) is 2.26. The Bertz CT molecular complexity index is 167. The normalized spacial score (nSPS) is 18.6. The number of hydrogen-bond donors (Lipinski definition) is 1. The first kappa shape index (κ1) is 14.3. The van der Waals surface area contributed by atoms with Gasteiger partial charge < -0.3 is 10.2 Å². The molecule has 2 nitrogen and oxygen atoms in total. The highest BCUT2D eigenvalue weighted by molar-refractivity contribution is 7.99. The SMILES string of the molecule is CC(C)CCN(C)CCSC1CCNCC1. The third kappa shape index (κ3) is 6.77. The molecule has 0 unspecified atom stereocenters. The van der Waals surface area contributed by atoms with Gasteiger partial charge in [-0.15, -0.1) is 0 Å². The molecule has 96 valence electrons. The Kier molecular flexibility index (Phi) is 7.50. The summed E-state index contributed by atoms with van der Waals surface area (Å²) in [5.41, 5.74) is 0. The molecule has 1 heterocycles. The van der Waals surface area contributed by atoms with E-state index in [0.717, 1.165) is 11.2 Å². The van der Waals surface area contributed by atoms with Crippen molar-refractivity contribution in [3.63, 3.8) is 0 Å². The first-order chi connectivity index (χ1) is 7.68. The monoisotopic (exact) mass is 244 g/mol. The minimum Gasteiger partial charge on any atom is -0.317 e. The molecule has 0 amide bonds. The van der Waals surface area contributed by atoms with Gasteiger partial charge in [-0.25, -0.2) is 0 Å². The smallest absolute Gasteiger partial charge is 0.00716 e. The van der Waals surface area contributed by atoms with E-state index in [2.05, 4.69) is 42.9 Å². The minimum atomic E-state index is 0.833. The van der Waals surface area contributed by atoms with Crippen molar-refractivity contribution in [2.75, 3.05) is 39.0 Å². The lowest BCUT2D eigenvalue weighted by Gasteiger charge is -2.23. The van der Waals surface area contributed by atoms with E-state index in [-0.39, 0.29) is 0 Å². The van der Waals surface area contributed by atoms with Crippen LogP contribution in [0.2, 0.25) is 0 Å². The molecule has 0 aliphatic carbocycles. The molecule has 1 N–H and O–H groups in total. The van der Waals surface area contributed by atoms with Crippen molar-refractivity contribution in [3.8, 4) is 0 Å². The number of thioether (sulfide) groups is 1. The lowest BCUT2D eigenvalue weighted by Crippen LogP contribution is -2.30. The third-order valence-electron chi connectivity index (χ3n) is 3.20. The molecule has 0 radical (unpaired) electrons. The van der Waals surface area contributed by atoms with Crippen LogP contribution in [0, 0.1) is 5.92 Å². The summed E-state index contributed by atoms with van der Waals surface area (Å²) in [5, 5.41) is 4.34. The maximum absolute atomic E-state index is 3.42. The summed E-state index contributed by atoms with van der Waals surface area (Å²) in [5.74, 6) is 2.14. The van der Waals surface area contributed by atoms with Gasteiger partial charge in [-0.3, -0.25) is 0 Å². The van der Waals surface area contributed by atoms with Gasteiger partial charge in [0.1, 0.15) is 0 Å². The summed E-state index contributed by atoms with van der Waals surface area (Å²) in [6, 6.07) is 0. The largest absolute Gasteiger partial charge is 0.317 e. The molecule has 0 saturated carbocycles. The number of nitrogens with one attached hydrogen (secondary N) is 1. The molecular formula is C13H28N2S. The van der Waals surface area contributed by atoms with Crippen LogP contribution in [-0.2, 0) is 0 Å². The standard InChI is InChI=1S/C13H28N2S/c1-12(2)6-9-15(3)10-11-16-13-4-7-14-8-5-13/h12-14H,4-11H2,1-3H3. The molecule has 0 atom stereocenters. The van der Waals surface area contributed by atoms with Crippen LogP contribution >= 0.6 is 11.8 Å². The van der Waals surface area contributed by atoms with Gasteiger partial charge in [0, 0.05) is 17.5 Å². The van der Waals surface area contributed by atoms with Gasteiger partial charge >= 0.3 is 0 Å². The van der Waals surface area contributed by atoms with Crippen LogP contribution in [-0.4, -0.2) is 49.1 Å². The van der Waals surface area contributed by atoms with Gasteiger partial charge in [0.15, 0.2) is 0 Å². The third-order valence-corrected chi connectivity index (χ3v) is 4.56. The molecule has 1 aliphatic heterocycles. The molecule has 1 rings (SSSR count). The van der Waals surface area contributed by atoms with E-state index >= 15 is 0 Å². The van der Waals surface area contributed by atoms with Crippen molar-refractivity contribution < 1.29 is 0 Å². The van der Waals surface area contributed by atoms with Gasteiger partial charge in [0.2, 0.25) is 0 Å². The van der Waals surface area contributed by atoms with E-state index in [1.807, 2.05) is 0 Å². The Labute approximate surface area is 106 Å². The predicted octanol–water partition coefficient (Wildman–Crippen LogP) is 2.45. The van der Waals surface area contributed by atoms with E-state index in [9.17, 15) is 0 Å². The lowest BCUT2D eigenvalue weighted by atomic mass is 10.1. The Morgan fingerprint density at radius 3 is 2.56 bits per heavy atom. The Balaban J connectivity index is 1.96. The van der Waals surface area contributed by atoms with Gasteiger partial charge in [0.05, 0.1) is 0 Å². The van der Waals surface area contributed by atoms with E-state index in [1.165, 1.54) is 51.2 Å². The summed E-state index contributed by atoms with van der Waals surface area (Å²) < 4.78 is 0. The van der Waals surface area contributed by atoms with Crippen molar-refractivity contribution in [1.29, 1.82) is 0 Å². The van der Waals surface area contributed by atoms with Crippen LogP contribution in [0.15, 0.2) is 0 Å². The fourth-order valence-corrected chi connectivity index (χ4v) is 3.25. The molecule has 0 aromatic rings. The fourth-order valence-electron chi connectivity index (χ4n) is 1.93. The van der Waals surface area contributed by atoms with E-state index in [4.69, 9.17) is 0 Å². The molecule has 0 aromatic carbocycles. The molecule has 3 heteroatoms. The second kappa shape index (κ2) is 8.37. The van der Waals surface area contributed by atoms with Gasteiger partial charge in [-0.2, -0.15) is 11.8 Å². The molecule has 16 heavy (non-hydrogen) atoms. The molecule has 1 saturated heterocycles. The average molecular weight is 244 g/mol. The van der Waals surface area contributed by atoms with Gasteiger partial charge in [0.25, 0.3) is 0 Å². The predicted molar refractivity (Wildman–Crippen MR) is 75.3 cm³/mol. The first-order valence-electron chi connectivity index (χ1n) is 6.69. The van der Waals surface area contributed by atoms with E-state index in [1.54, 1.807) is 0 Å². The van der Waals surface area contributed by atoms with Crippen molar-refractivity contribution in [2.45, 2.75) is 38.4 Å². The molecule has 1 fully saturated rings. The number of piperidine rings is 1. The number of nitrogens with zero attached hydrogens (tertiary/aromatic N) is 1. The van der Waals surface area contributed by atoms with Crippen molar-refractivity contribution in [3.05, 3.63) is 0 Å². The Morgan fingerprint density at radius 1 is 1.25 bits per heavy atom. The lowest BCUT2D eigenvalue weighted by molar-refractivity contribution is 0.328. The summed E-state index contributed by atoms with van der Waals surface area (Å²) in [6.45, 7) is 9.56. The molecule has 0 spiro atoms. The maximum Gasteiger partial charge on any atom is 0.00716 e. The quantitative estimate of drug-likeness (QED) is 0.740. The van der Waals surface area contributed by atoms with Crippen LogP contribution in [0.5, 0.6) is 0 Å². The highest BCUT2D eigenvalue weighted by Crippen LogP contribution is 2.19. The Morgan fingerprint density at radius 2 is 1.94 bits per heavy atom. The average Bonchev–Trinajstić information content (AvgIpc) is 2.28. The van der Waals surface area contributed by atoms with Crippen LogP contribution < -0.4 is 5.32 Å². The fraction of sp³-hybridized carbons (Fsp3) is 1.00. The second-order valence-electron chi connectivity index (χ2n) is 5.31. The highest BCUT2D eigenvalue weighted by atomic mass is 32.2. The number of rotatable bonds is 7. The molecule has 0 aromatic heterocycles. The Hall–Kier alpha value is 0.270. The van der Waals surface area contributed by atoms with Gasteiger partial charge in [-0.05, 0) is 51.9 Å². The van der Waals surface area contributed by atoms with Gasteiger partial charge in [-0.1, -0.05) is 13.8 Å². The van der Waals surface area contributed by atoms with Crippen molar-refractivity contribution in [2.24, 2.45) is 5.92 Å². The van der Waals surface area contributed by atoms with Crippen LogP contribution in [0.1, 0.15) is 33.1 Å². The zero-order valence-electron chi connectivity index (χ0n) is 11.2. The van der Waals surface area contributed by atoms with Crippen molar-refractivity contribution >= 4 is 11.8 Å². The first-order valence-corrected chi connectivity index (χ1v) is 7.74. The molecule has 0 bridgehead atoms. The molecule has 1 aliphatic rings. The minimum absolute atomic E-state index is 0.833. The number of hydrogen-bond acceptors (Lipinski definition) is 3.